The van der Waals surface area contributed by atoms with E-state index in [2.05, 4.69) is 46.3 Å². The summed E-state index contributed by atoms with van der Waals surface area (Å²) in [6.07, 6.45) is 2.96. The van der Waals surface area contributed by atoms with Crippen LogP contribution in [-0.4, -0.2) is 11.5 Å². The number of nitrogens with zero attached hydrogens (tertiary/aromatic N) is 2. The Bertz CT molecular complexity index is 805. The molecular formula is C18H17N3. The zero-order valence-corrected chi connectivity index (χ0v) is 11.8. The van der Waals surface area contributed by atoms with Crippen molar-refractivity contribution in [3.8, 4) is 0 Å². The molecule has 0 aliphatic carbocycles. The summed E-state index contributed by atoms with van der Waals surface area (Å²) in [4.78, 5) is 6.87. The first-order valence-corrected chi connectivity index (χ1v) is 7.27. The van der Waals surface area contributed by atoms with Gasteiger partial charge in [0.1, 0.15) is 0 Å². The monoisotopic (exact) mass is 275 g/mol. The van der Waals surface area contributed by atoms with Crippen molar-refractivity contribution in [2.24, 2.45) is 0 Å². The zero-order chi connectivity index (χ0) is 14.2. The molecule has 1 aliphatic rings. The lowest BCUT2D eigenvalue weighted by Gasteiger charge is -2.31. The van der Waals surface area contributed by atoms with Crippen LogP contribution < -0.4 is 10.6 Å². The second-order valence-electron chi connectivity index (χ2n) is 5.55. The molecule has 3 heteroatoms. The number of pyridine rings is 1. The molecule has 0 bridgehead atoms. The number of aromatic nitrogens is 1. The van der Waals surface area contributed by atoms with Crippen molar-refractivity contribution in [3.05, 3.63) is 65.9 Å². The Hall–Kier alpha value is -2.55. The summed E-state index contributed by atoms with van der Waals surface area (Å²) < 4.78 is 0. The normalized spacial score (nSPS) is 14.2. The second kappa shape index (κ2) is 4.77. The lowest BCUT2D eigenvalue weighted by atomic mass is 9.98. The molecule has 1 aromatic heterocycles. The van der Waals surface area contributed by atoms with E-state index in [0.717, 1.165) is 30.7 Å². The number of para-hydroxylation sites is 1. The number of anilines is 2. The summed E-state index contributed by atoms with van der Waals surface area (Å²) in [5.74, 6) is 0. The van der Waals surface area contributed by atoms with Gasteiger partial charge < -0.3 is 10.6 Å². The smallest absolute Gasteiger partial charge is 0.0722 e. The van der Waals surface area contributed by atoms with Crippen molar-refractivity contribution >= 4 is 22.3 Å². The van der Waals surface area contributed by atoms with Gasteiger partial charge >= 0.3 is 0 Å². The Morgan fingerprint density at radius 2 is 1.90 bits per heavy atom. The van der Waals surface area contributed by atoms with Gasteiger partial charge in [-0.15, -0.1) is 0 Å². The van der Waals surface area contributed by atoms with Gasteiger partial charge in [0.05, 0.1) is 5.52 Å². The number of hydrogen-bond acceptors (Lipinski definition) is 3. The maximum atomic E-state index is 5.93. The summed E-state index contributed by atoms with van der Waals surface area (Å²) in [6, 6.07) is 16.7. The predicted octanol–water partition coefficient (Wildman–Crippen LogP) is 3.38. The lowest BCUT2D eigenvalue weighted by Crippen LogP contribution is -2.30. The molecule has 21 heavy (non-hydrogen) atoms. The summed E-state index contributed by atoms with van der Waals surface area (Å²) in [5.41, 5.74) is 11.8. The van der Waals surface area contributed by atoms with E-state index in [1.165, 1.54) is 22.2 Å². The molecule has 0 saturated heterocycles. The average Bonchev–Trinajstić information content (AvgIpc) is 2.53. The van der Waals surface area contributed by atoms with Crippen LogP contribution in [0, 0.1) is 0 Å². The topological polar surface area (TPSA) is 42.1 Å². The fourth-order valence-electron chi connectivity index (χ4n) is 3.14. The Morgan fingerprint density at radius 3 is 2.86 bits per heavy atom. The van der Waals surface area contributed by atoms with E-state index < -0.39 is 0 Å². The molecule has 0 spiro atoms. The van der Waals surface area contributed by atoms with Gasteiger partial charge in [-0.3, -0.25) is 4.98 Å². The molecule has 0 amide bonds. The highest BCUT2D eigenvalue weighted by atomic mass is 15.1. The standard InChI is InChI=1S/C18H17N3/c19-15-6-5-13-8-10-21(12-14(13)11-15)18-7-9-20-17-4-2-1-3-16(17)18/h1-7,9,11H,8,10,12,19H2. The molecule has 0 saturated carbocycles. The van der Waals surface area contributed by atoms with Crippen LogP contribution in [-0.2, 0) is 13.0 Å². The van der Waals surface area contributed by atoms with E-state index in [1.54, 1.807) is 0 Å². The van der Waals surface area contributed by atoms with Crippen LogP contribution >= 0.6 is 0 Å². The van der Waals surface area contributed by atoms with Crippen molar-refractivity contribution in [2.45, 2.75) is 13.0 Å². The molecule has 2 aromatic carbocycles. The van der Waals surface area contributed by atoms with Crippen molar-refractivity contribution in [3.63, 3.8) is 0 Å². The molecular weight excluding hydrogens is 258 g/mol. The fourth-order valence-corrected chi connectivity index (χ4v) is 3.14. The van der Waals surface area contributed by atoms with Gasteiger partial charge in [-0.2, -0.15) is 0 Å². The molecule has 0 radical (unpaired) electrons. The second-order valence-corrected chi connectivity index (χ2v) is 5.55. The molecule has 104 valence electrons. The van der Waals surface area contributed by atoms with Gasteiger partial charge in [-0.25, -0.2) is 0 Å². The van der Waals surface area contributed by atoms with E-state index in [1.807, 2.05) is 18.3 Å². The van der Waals surface area contributed by atoms with E-state index >= 15 is 0 Å². The lowest BCUT2D eigenvalue weighted by molar-refractivity contribution is 0.734. The largest absolute Gasteiger partial charge is 0.399 e. The van der Waals surface area contributed by atoms with E-state index in [9.17, 15) is 0 Å². The quantitative estimate of drug-likeness (QED) is 0.692. The van der Waals surface area contributed by atoms with E-state index in [-0.39, 0.29) is 0 Å². The van der Waals surface area contributed by atoms with Crippen LogP contribution in [0.15, 0.2) is 54.7 Å². The van der Waals surface area contributed by atoms with Gasteiger partial charge in [0.25, 0.3) is 0 Å². The van der Waals surface area contributed by atoms with Crippen LogP contribution in [0.3, 0.4) is 0 Å². The average molecular weight is 275 g/mol. The van der Waals surface area contributed by atoms with Crippen LogP contribution in [0.2, 0.25) is 0 Å². The fraction of sp³-hybridized carbons (Fsp3) is 0.167. The molecule has 1 aliphatic heterocycles. The van der Waals surface area contributed by atoms with Crippen molar-refractivity contribution in [1.29, 1.82) is 0 Å². The first-order chi connectivity index (χ1) is 10.3. The third-order valence-corrected chi connectivity index (χ3v) is 4.21. The van der Waals surface area contributed by atoms with Gasteiger partial charge in [0.2, 0.25) is 0 Å². The highest BCUT2D eigenvalue weighted by Gasteiger charge is 2.18. The number of nitrogen functional groups attached to an aromatic ring is 1. The first-order valence-electron chi connectivity index (χ1n) is 7.27. The van der Waals surface area contributed by atoms with Crippen LogP contribution in [0.4, 0.5) is 11.4 Å². The van der Waals surface area contributed by atoms with Gasteiger partial charge in [0, 0.05) is 36.0 Å². The summed E-state index contributed by atoms with van der Waals surface area (Å²) in [5, 5.41) is 1.22. The minimum atomic E-state index is 0.843. The summed E-state index contributed by atoms with van der Waals surface area (Å²) in [7, 11) is 0. The molecule has 4 rings (SSSR count). The summed E-state index contributed by atoms with van der Waals surface area (Å²) >= 11 is 0. The number of benzene rings is 2. The van der Waals surface area contributed by atoms with Crippen molar-refractivity contribution in [1.82, 2.24) is 4.98 Å². The molecule has 0 fully saturated rings. The number of rotatable bonds is 1. The first kappa shape index (κ1) is 12.2. The molecule has 2 N–H and O–H groups in total. The van der Waals surface area contributed by atoms with Crippen molar-refractivity contribution in [2.75, 3.05) is 17.2 Å². The molecule has 2 heterocycles. The number of hydrogen-bond donors (Lipinski definition) is 1. The van der Waals surface area contributed by atoms with Crippen LogP contribution in [0.5, 0.6) is 0 Å². The molecule has 3 nitrogen and oxygen atoms in total. The molecule has 0 unspecified atom stereocenters. The van der Waals surface area contributed by atoms with E-state index in [4.69, 9.17) is 5.73 Å². The minimum absolute atomic E-state index is 0.843. The SMILES string of the molecule is Nc1ccc2c(c1)CN(c1ccnc3ccccc13)CC2. The maximum Gasteiger partial charge on any atom is 0.0722 e. The zero-order valence-electron chi connectivity index (χ0n) is 11.8. The number of fused-ring (bicyclic) bond motifs is 2. The van der Waals surface area contributed by atoms with Crippen LogP contribution in [0.1, 0.15) is 11.1 Å². The third kappa shape index (κ3) is 2.11. The molecule has 0 atom stereocenters. The van der Waals surface area contributed by atoms with Gasteiger partial charge in [-0.05, 0) is 41.8 Å². The highest BCUT2D eigenvalue weighted by Crippen LogP contribution is 2.30. The maximum absolute atomic E-state index is 5.93. The summed E-state index contributed by atoms with van der Waals surface area (Å²) in [6.45, 7) is 1.94. The highest BCUT2D eigenvalue weighted by molar-refractivity contribution is 5.91. The predicted molar refractivity (Wildman–Crippen MR) is 87.4 cm³/mol. The molecule has 3 aromatic rings. The van der Waals surface area contributed by atoms with Crippen LogP contribution in [0.25, 0.3) is 10.9 Å². The van der Waals surface area contributed by atoms with Gasteiger partial charge in [-0.1, -0.05) is 24.3 Å². The number of nitrogens with two attached hydrogens (primary N) is 1. The Labute approximate surface area is 124 Å². The Balaban J connectivity index is 1.77. The third-order valence-electron chi connectivity index (χ3n) is 4.21. The van der Waals surface area contributed by atoms with Crippen molar-refractivity contribution < 1.29 is 0 Å². The van der Waals surface area contributed by atoms with E-state index in [0.29, 0.717) is 0 Å². The van der Waals surface area contributed by atoms with Gasteiger partial charge in [0.15, 0.2) is 0 Å². The Kier molecular flexibility index (Phi) is 2.78. The Morgan fingerprint density at radius 1 is 1.00 bits per heavy atom. The minimum Gasteiger partial charge on any atom is -0.399 e.